The zero-order valence-corrected chi connectivity index (χ0v) is 9.14. The fourth-order valence-corrected chi connectivity index (χ4v) is 1.50. The summed E-state index contributed by atoms with van der Waals surface area (Å²) in [5.74, 6) is -0.201. The van der Waals surface area contributed by atoms with E-state index in [1.54, 1.807) is 12.1 Å². The highest BCUT2D eigenvalue weighted by molar-refractivity contribution is 5.91. The van der Waals surface area contributed by atoms with Crippen LogP contribution in [-0.2, 0) is 11.2 Å². The molecule has 0 spiro atoms. The summed E-state index contributed by atoms with van der Waals surface area (Å²) in [5, 5.41) is 2.58. The van der Waals surface area contributed by atoms with Crippen molar-refractivity contribution in [3.63, 3.8) is 0 Å². The van der Waals surface area contributed by atoms with Crippen molar-refractivity contribution in [2.24, 2.45) is 0 Å². The zero-order chi connectivity index (χ0) is 12.1. The molecule has 0 aliphatic carbocycles. The number of carbonyl (C=O) groups is 1. The van der Waals surface area contributed by atoms with Gasteiger partial charge in [-0.15, -0.1) is 0 Å². The summed E-state index contributed by atoms with van der Waals surface area (Å²) in [6.45, 7) is 0. The van der Waals surface area contributed by atoms with E-state index < -0.39 is 0 Å². The second-order valence-corrected chi connectivity index (χ2v) is 3.62. The van der Waals surface area contributed by atoms with Crippen molar-refractivity contribution in [3.05, 3.63) is 64.6 Å². The van der Waals surface area contributed by atoms with E-state index in [9.17, 15) is 9.59 Å². The van der Waals surface area contributed by atoms with E-state index in [-0.39, 0.29) is 23.6 Å². The normalized spacial score (nSPS) is 9.88. The van der Waals surface area contributed by atoms with Crippen LogP contribution in [0.15, 0.2) is 53.5 Å². The second-order valence-electron chi connectivity index (χ2n) is 3.62. The summed E-state index contributed by atoms with van der Waals surface area (Å²) in [6, 6.07) is 12.6. The number of aromatic nitrogens is 1. The van der Waals surface area contributed by atoms with Crippen molar-refractivity contribution < 1.29 is 4.79 Å². The molecular weight excluding hydrogens is 216 g/mol. The van der Waals surface area contributed by atoms with Crippen LogP contribution < -0.4 is 10.9 Å². The van der Waals surface area contributed by atoms with E-state index in [4.69, 9.17) is 0 Å². The number of amides is 1. The first kappa shape index (κ1) is 11.1. The lowest BCUT2D eigenvalue weighted by atomic mass is 10.1. The standard InChI is InChI=1S/C13H12N2O2/c16-12(9-10-5-2-1-3-6-10)15-11-7-4-8-14-13(11)17/h1-8H,9H2,(H,14,17)(H,15,16). The van der Waals surface area contributed by atoms with Crippen LogP contribution >= 0.6 is 0 Å². The van der Waals surface area contributed by atoms with Crippen LogP contribution in [-0.4, -0.2) is 10.9 Å². The van der Waals surface area contributed by atoms with E-state index in [0.29, 0.717) is 0 Å². The van der Waals surface area contributed by atoms with Crippen LogP contribution in [0, 0.1) is 0 Å². The monoisotopic (exact) mass is 228 g/mol. The van der Waals surface area contributed by atoms with Gasteiger partial charge < -0.3 is 10.3 Å². The molecule has 0 radical (unpaired) electrons. The Morgan fingerprint density at radius 3 is 2.59 bits per heavy atom. The number of rotatable bonds is 3. The smallest absolute Gasteiger partial charge is 0.271 e. The molecule has 2 aromatic rings. The molecule has 0 aliphatic rings. The van der Waals surface area contributed by atoms with Gasteiger partial charge in [-0.2, -0.15) is 0 Å². The van der Waals surface area contributed by atoms with Crippen molar-refractivity contribution in [1.82, 2.24) is 4.98 Å². The Morgan fingerprint density at radius 2 is 1.88 bits per heavy atom. The Kier molecular flexibility index (Phi) is 3.35. The number of carbonyl (C=O) groups excluding carboxylic acids is 1. The van der Waals surface area contributed by atoms with Gasteiger partial charge >= 0.3 is 0 Å². The molecule has 0 aliphatic heterocycles. The number of benzene rings is 1. The molecule has 1 aromatic heterocycles. The molecule has 2 rings (SSSR count). The molecule has 1 amide bonds. The summed E-state index contributed by atoms with van der Waals surface area (Å²) in [4.78, 5) is 25.5. The van der Waals surface area contributed by atoms with Gasteiger partial charge in [0, 0.05) is 6.20 Å². The summed E-state index contributed by atoms with van der Waals surface area (Å²) < 4.78 is 0. The van der Waals surface area contributed by atoms with Crippen molar-refractivity contribution >= 4 is 11.6 Å². The van der Waals surface area contributed by atoms with Crippen LogP contribution in [0.5, 0.6) is 0 Å². The third-order valence-electron chi connectivity index (χ3n) is 2.30. The van der Waals surface area contributed by atoms with Gasteiger partial charge in [-0.3, -0.25) is 9.59 Å². The molecule has 1 heterocycles. The van der Waals surface area contributed by atoms with E-state index in [2.05, 4.69) is 10.3 Å². The lowest BCUT2D eigenvalue weighted by Gasteiger charge is -2.03. The number of anilines is 1. The molecule has 0 saturated heterocycles. The van der Waals surface area contributed by atoms with Crippen LogP contribution in [0.25, 0.3) is 0 Å². The van der Waals surface area contributed by atoms with Crippen molar-refractivity contribution in [2.75, 3.05) is 5.32 Å². The SMILES string of the molecule is O=C(Cc1ccccc1)Nc1ccc[nH]c1=O. The minimum Gasteiger partial charge on any atom is -0.327 e. The maximum Gasteiger partial charge on any atom is 0.271 e. The number of nitrogens with one attached hydrogen (secondary N) is 2. The number of hydrogen-bond acceptors (Lipinski definition) is 2. The Balaban J connectivity index is 2.04. The van der Waals surface area contributed by atoms with Gasteiger partial charge in [0.1, 0.15) is 5.69 Å². The number of hydrogen-bond donors (Lipinski definition) is 2. The molecule has 0 atom stereocenters. The minimum atomic E-state index is -0.297. The van der Waals surface area contributed by atoms with Gasteiger partial charge in [0.05, 0.1) is 6.42 Å². The molecule has 17 heavy (non-hydrogen) atoms. The Labute approximate surface area is 98.3 Å². The fourth-order valence-electron chi connectivity index (χ4n) is 1.50. The Bertz CT molecular complexity index is 561. The first-order chi connectivity index (χ1) is 8.25. The zero-order valence-electron chi connectivity index (χ0n) is 9.14. The summed E-state index contributed by atoms with van der Waals surface area (Å²) >= 11 is 0. The lowest BCUT2D eigenvalue weighted by molar-refractivity contribution is -0.115. The molecule has 4 heteroatoms. The topological polar surface area (TPSA) is 62.0 Å². The lowest BCUT2D eigenvalue weighted by Crippen LogP contribution is -2.20. The molecule has 4 nitrogen and oxygen atoms in total. The maximum absolute atomic E-state index is 11.7. The van der Waals surface area contributed by atoms with Crippen LogP contribution in [0.4, 0.5) is 5.69 Å². The van der Waals surface area contributed by atoms with Gasteiger partial charge in [-0.05, 0) is 17.7 Å². The summed E-state index contributed by atoms with van der Waals surface area (Å²) in [5.41, 5.74) is 0.889. The van der Waals surface area contributed by atoms with Crippen LogP contribution in [0.1, 0.15) is 5.56 Å². The average molecular weight is 228 g/mol. The minimum absolute atomic E-state index is 0.201. The van der Waals surface area contributed by atoms with Gasteiger partial charge in [0.2, 0.25) is 5.91 Å². The van der Waals surface area contributed by atoms with Gasteiger partial charge in [0.15, 0.2) is 0 Å². The van der Waals surface area contributed by atoms with Crippen LogP contribution in [0.2, 0.25) is 0 Å². The van der Waals surface area contributed by atoms with Gasteiger partial charge in [-0.1, -0.05) is 30.3 Å². The molecule has 2 N–H and O–H groups in total. The first-order valence-corrected chi connectivity index (χ1v) is 5.27. The Morgan fingerprint density at radius 1 is 1.12 bits per heavy atom. The fraction of sp³-hybridized carbons (Fsp3) is 0.0769. The largest absolute Gasteiger partial charge is 0.327 e. The number of pyridine rings is 1. The highest BCUT2D eigenvalue weighted by Gasteiger charge is 2.05. The van der Waals surface area contributed by atoms with E-state index in [1.165, 1.54) is 6.20 Å². The average Bonchev–Trinajstić information content (AvgIpc) is 2.33. The van der Waals surface area contributed by atoms with Gasteiger partial charge in [0.25, 0.3) is 5.56 Å². The van der Waals surface area contributed by atoms with E-state index in [1.807, 2.05) is 30.3 Å². The van der Waals surface area contributed by atoms with E-state index in [0.717, 1.165) is 5.56 Å². The molecule has 1 aromatic carbocycles. The molecule has 86 valence electrons. The van der Waals surface area contributed by atoms with Gasteiger partial charge in [-0.25, -0.2) is 0 Å². The highest BCUT2D eigenvalue weighted by atomic mass is 16.2. The van der Waals surface area contributed by atoms with Crippen LogP contribution in [0.3, 0.4) is 0 Å². The second kappa shape index (κ2) is 5.12. The molecule has 0 unspecified atom stereocenters. The summed E-state index contributed by atoms with van der Waals surface area (Å²) in [6.07, 6.45) is 1.78. The number of H-pyrrole nitrogens is 1. The van der Waals surface area contributed by atoms with Crippen molar-refractivity contribution in [2.45, 2.75) is 6.42 Å². The van der Waals surface area contributed by atoms with E-state index >= 15 is 0 Å². The number of aromatic amines is 1. The predicted molar refractivity (Wildman–Crippen MR) is 65.8 cm³/mol. The third kappa shape index (κ3) is 3.04. The summed E-state index contributed by atoms with van der Waals surface area (Å²) in [7, 11) is 0. The first-order valence-electron chi connectivity index (χ1n) is 5.27. The molecule has 0 saturated carbocycles. The predicted octanol–water partition coefficient (Wildman–Crippen LogP) is 1.56. The molecular formula is C13H12N2O2. The quantitative estimate of drug-likeness (QED) is 0.837. The Hall–Kier alpha value is -2.36. The highest BCUT2D eigenvalue weighted by Crippen LogP contribution is 2.02. The molecule has 0 bridgehead atoms. The third-order valence-corrected chi connectivity index (χ3v) is 2.30. The van der Waals surface area contributed by atoms with Crippen molar-refractivity contribution in [3.8, 4) is 0 Å². The van der Waals surface area contributed by atoms with Crippen molar-refractivity contribution in [1.29, 1.82) is 0 Å². The maximum atomic E-state index is 11.7. The molecule has 0 fully saturated rings.